The SMILES string of the molecule is O=C(NCC1CCN(c2ccc(F)c(F)c2)C1)c1ccc(NC2=NS(=O)(=O)c3ccccc32)cc1. The maximum absolute atomic E-state index is 13.5. The highest BCUT2D eigenvalue weighted by Crippen LogP contribution is 2.27. The summed E-state index contributed by atoms with van der Waals surface area (Å²) in [6.07, 6.45) is 0.828. The Hall–Kier alpha value is -3.79. The molecular formula is C25H22F2N4O3S. The predicted octanol–water partition coefficient (Wildman–Crippen LogP) is 3.78. The summed E-state index contributed by atoms with van der Waals surface area (Å²) in [5, 5.41) is 5.93. The Bertz CT molecular complexity index is 1420. The number of amides is 1. The highest BCUT2D eigenvalue weighted by Gasteiger charge is 2.28. The van der Waals surface area contributed by atoms with E-state index in [0.29, 0.717) is 42.1 Å². The van der Waals surface area contributed by atoms with Gasteiger partial charge < -0.3 is 15.5 Å². The molecule has 7 nitrogen and oxygen atoms in total. The van der Waals surface area contributed by atoms with Crippen molar-refractivity contribution >= 4 is 33.1 Å². The third-order valence-electron chi connectivity index (χ3n) is 6.15. The number of carbonyl (C=O) groups is 1. The van der Waals surface area contributed by atoms with Gasteiger partial charge in [0.1, 0.15) is 4.90 Å². The standard InChI is InChI=1S/C25H22F2N4O3S/c26-21-10-9-19(13-22(21)27)31-12-11-16(15-31)14-28-25(32)17-5-7-18(8-6-17)29-24-20-3-1-2-4-23(20)35(33,34)30-24/h1-10,13,16H,11-12,14-15H2,(H,28,32)(H,29,30). The van der Waals surface area contributed by atoms with Crippen molar-refractivity contribution in [2.45, 2.75) is 11.3 Å². The third-order valence-corrected chi connectivity index (χ3v) is 7.48. The summed E-state index contributed by atoms with van der Waals surface area (Å²) in [5.41, 5.74) is 2.20. The van der Waals surface area contributed by atoms with Gasteiger partial charge in [-0.1, -0.05) is 12.1 Å². The van der Waals surface area contributed by atoms with E-state index in [1.54, 1.807) is 48.5 Å². The molecule has 2 aliphatic heterocycles. The lowest BCUT2D eigenvalue weighted by Crippen LogP contribution is -2.31. The molecule has 0 spiro atoms. The van der Waals surface area contributed by atoms with Gasteiger partial charge in [0.15, 0.2) is 17.5 Å². The Labute approximate surface area is 201 Å². The molecule has 3 aromatic carbocycles. The molecule has 1 saturated heterocycles. The zero-order valence-corrected chi connectivity index (χ0v) is 19.4. The smallest absolute Gasteiger partial charge is 0.285 e. The summed E-state index contributed by atoms with van der Waals surface area (Å²) in [7, 11) is -3.72. The van der Waals surface area contributed by atoms with E-state index in [0.717, 1.165) is 12.5 Å². The average molecular weight is 497 g/mol. The second-order valence-electron chi connectivity index (χ2n) is 8.52. The van der Waals surface area contributed by atoms with E-state index < -0.39 is 21.7 Å². The molecule has 1 fully saturated rings. The van der Waals surface area contributed by atoms with Gasteiger partial charge in [-0.15, -0.1) is 4.40 Å². The summed E-state index contributed by atoms with van der Waals surface area (Å²) >= 11 is 0. The zero-order valence-electron chi connectivity index (χ0n) is 18.5. The van der Waals surface area contributed by atoms with Crippen LogP contribution in [0.2, 0.25) is 0 Å². The normalized spacial score (nSPS) is 18.2. The second-order valence-corrected chi connectivity index (χ2v) is 10.1. The fraction of sp³-hybridized carbons (Fsp3) is 0.200. The van der Waals surface area contributed by atoms with Gasteiger partial charge in [-0.25, -0.2) is 8.78 Å². The largest absolute Gasteiger partial charge is 0.371 e. The number of amidine groups is 1. The Morgan fingerprint density at radius 3 is 2.57 bits per heavy atom. The molecule has 1 unspecified atom stereocenters. The predicted molar refractivity (Wildman–Crippen MR) is 129 cm³/mol. The number of benzene rings is 3. The number of hydrogen-bond donors (Lipinski definition) is 2. The van der Waals surface area contributed by atoms with Gasteiger partial charge in [-0.05, 0) is 60.9 Å². The van der Waals surface area contributed by atoms with Crippen LogP contribution in [0.25, 0.3) is 0 Å². The molecule has 1 amide bonds. The molecule has 2 heterocycles. The van der Waals surface area contributed by atoms with Crippen molar-refractivity contribution in [1.29, 1.82) is 0 Å². The van der Waals surface area contributed by atoms with Crippen LogP contribution in [0, 0.1) is 17.6 Å². The average Bonchev–Trinajstić information content (AvgIpc) is 3.42. The summed E-state index contributed by atoms with van der Waals surface area (Å²) in [6, 6.07) is 17.1. The van der Waals surface area contributed by atoms with Crippen LogP contribution >= 0.6 is 0 Å². The summed E-state index contributed by atoms with van der Waals surface area (Å²) in [4.78, 5) is 14.7. The van der Waals surface area contributed by atoms with Crippen molar-refractivity contribution in [1.82, 2.24) is 5.32 Å². The first-order chi connectivity index (χ1) is 16.8. The van der Waals surface area contributed by atoms with Crippen LogP contribution in [-0.2, 0) is 10.0 Å². The molecule has 35 heavy (non-hydrogen) atoms. The summed E-state index contributed by atoms with van der Waals surface area (Å²) in [6.45, 7) is 1.81. The molecule has 180 valence electrons. The maximum Gasteiger partial charge on any atom is 0.285 e. The fourth-order valence-electron chi connectivity index (χ4n) is 4.29. The molecule has 5 rings (SSSR count). The topological polar surface area (TPSA) is 90.9 Å². The second kappa shape index (κ2) is 9.10. The van der Waals surface area contributed by atoms with E-state index in [1.165, 1.54) is 12.1 Å². The lowest BCUT2D eigenvalue weighted by molar-refractivity contribution is 0.0948. The number of fused-ring (bicyclic) bond motifs is 1. The minimum absolute atomic E-state index is 0.161. The van der Waals surface area contributed by atoms with E-state index in [2.05, 4.69) is 15.0 Å². The summed E-state index contributed by atoms with van der Waals surface area (Å²) in [5.74, 6) is -1.54. The molecule has 2 N–H and O–H groups in total. The number of nitrogens with one attached hydrogen (secondary N) is 2. The summed E-state index contributed by atoms with van der Waals surface area (Å²) < 4.78 is 54.9. The lowest BCUT2D eigenvalue weighted by atomic mass is 10.1. The van der Waals surface area contributed by atoms with Crippen molar-refractivity contribution in [2.75, 3.05) is 29.9 Å². The molecule has 0 aliphatic carbocycles. The van der Waals surface area contributed by atoms with Crippen LogP contribution in [0.1, 0.15) is 22.3 Å². The number of rotatable bonds is 5. The van der Waals surface area contributed by atoms with Crippen LogP contribution in [0.15, 0.2) is 76.0 Å². The number of halogens is 2. The molecule has 0 aromatic heterocycles. The van der Waals surface area contributed by atoms with Gasteiger partial charge in [0.2, 0.25) is 0 Å². The van der Waals surface area contributed by atoms with Crippen molar-refractivity contribution in [2.24, 2.45) is 10.3 Å². The number of sulfonamides is 1. The number of carbonyl (C=O) groups excluding carboxylic acids is 1. The molecule has 0 radical (unpaired) electrons. The fourth-order valence-corrected chi connectivity index (χ4v) is 5.47. The van der Waals surface area contributed by atoms with Gasteiger partial charge >= 0.3 is 0 Å². The molecule has 2 aliphatic rings. The van der Waals surface area contributed by atoms with Crippen molar-refractivity contribution in [3.05, 3.63) is 89.5 Å². The first-order valence-electron chi connectivity index (χ1n) is 11.1. The van der Waals surface area contributed by atoms with E-state index >= 15 is 0 Å². The Morgan fingerprint density at radius 1 is 1.03 bits per heavy atom. The zero-order chi connectivity index (χ0) is 24.6. The number of nitrogens with zero attached hydrogens (tertiary/aromatic N) is 2. The van der Waals surface area contributed by atoms with Gasteiger partial charge in [-0.2, -0.15) is 8.42 Å². The highest BCUT2D eigenvalue weighted by atomic mass is 32.2. The van der Waals surface area contributed by atoms with E-state index in [-0.39, 0.29) is 22.6 Å². The maximum atomic E-state index is 13.5. The van der Waals surface area contributed by atoms with Crippen LogP contribution in [0.3, 0.4) is 0 Å². The minimum Gasteiger partial charge on any atom is -0.371 e. The number of hydrogen-bond acceptors (Lipinski definition) is 5. The van der Waals surface area contributed by atoms with Crippen molar-refractivity contribution in [3.63, 3.8) is 0 Å². The quantitative estimate of drug-likeness (QED) is 0.561. The van der Waals surface area contributed by atoms with Crippen molar-refractivity contribution in [3.8, 4) is 0 Å². The minimum atomic E-state index is -3.72. The molecule has 1 atom stereocenters. The molecular weight excluding hydrogens is 474 g/mol. The Kier molecular flexibility index (Phi) is 5.98. The van der Waals surface area contributed by atoms with E-state index in [4.69, 9.17) is 0 Å². The third kappa shape index (κ3) is 4.74. The molecule has 0 bridgehead atoms. The van der Waals surface area contributed by atoms with Crippen LogP contribution < -0.4 is 15.5 Å². The van der Waals surface area contributed by atoms with Gasteiger partial charge in [-0.3, -0.25) is 4.79 Å². The monoisotopic (exact) mass is 496 g/mol. The van der Waals surface area contributed by atoms with Crippen molar-refractivity contribution < 1.29 is 22.0 Å². The van der Waals surface area contributed by atoms with Crippen LogP contribution in [0.5, 0.6) is 0 Å². The Balaban J connectivity index is 1.16. The Morgan fingerprint density at radius 2 is 1.80 bits per heavy atom. The van der Waals surface area contributed by atoms with Gasteiger partial charge in [0, 0.05) is 48.2 Å². The lowest BCUT2D eigenvalue weighted by Gasteiger charge is -2.19. The highest BCUT2D eigenvalue weighted by molar-refractivity contribution is 7.90. The van der Waals surface area contributed by atoms with Crippen LogP contribution in [-0.4, -0.2) is 39.8 Å². The molecule has 10 heteroatoms. The van der Waals surface area contributed by atoms with Gasteiger partial charge in [0.25, 0.3) is 15.9 Å². The van der Waals surface area contributed by atoms with Crippen LogP contribution in [0.4, 0.5) is 20.2 Å². The van der Waals surface area contributed by atoms with E-state index in [9.17, 15) is 22.0 Å². The first-order valence-corrected chi connectivity index (χ1v) is 12.5. The molecule has 3 aromatic rings. The van der Waals surface area contributed by atoms with Gasteiger partial charge in [0.05, 0.1) is 0 Å². The first kappa shape index (κ1) is 23.0. The molecule has 0 saturated carbocycles. The van der Waals surface area contributed by atoms with E-state index in [1.807, 2.05) is 4.90 Å². The number of anilines is 2.